The Morgan fingerprint density at radius 2 is 1.77 bits per heavy atom. The Bertz CT molecular complexity index is 1210. The molecule has 0 bridgehead atoms. The number of carbonyl (C=O) groups is 1. The van der Waals surface area contributed by atoms with Crippen LogP contribution in [0.4, 0.5) is 26.3 Å². The van der Waals surface area contributed by atoms with Crippen LogP contribution in [0.15, 0.2) is 18.2 Å². The van der Waals surface area contributed by atoms with Gasteiger partial charge in [0.25, 0.3) is 0 Å². The highest BCUT2D eigenvalue weighted by molar-refractivity contribution is 5.87. The number of nitrogens with zero attached hydrogens (tertiary/aromatic N) is 1. The molecule has 1 aliphatic heterocycles. The van der Waals surface area contributed by atoms with Gasteiger partial charge in [-0.3, -0.25) is 4.79 Å². The van der Waals surface area contributed by atoms with Crippen LogP contribution in [0.5, 0.6) is 5.75 Å². The third-order valence-corrected chi connectivity index (χ3v) is 11.6. The van der Waals surface area contributed by atoms with Gasteiger partial charge < -0.3 is 19.1 Å². The number of hydrogen-bond acceptors (Lipinski definition) is 5. The van der Waals surface area contributed by atoms with E-state index in [0.29, 0.717) is 38.4 Å². The van der Waals surface area contributed by atoms with Crippen molar-refractivity contribution in [2.45, 2.75) is 127 Å². The molecule has 0 spiro atoms. The van der Waals surface area contributed by atoms with Crippen molar-refractivity contribution in [3.63, 3.8) is 0 Å². The Morgan fingerprint density at radius 1 is 1.00 bits per heavy atom. The SMILES string of the molecule is CN(CCCCCC1Cc2cc(OC3CCCCO3)ccc2[C@H]2C(F)C[C@]3(C)C(=O)CC[C@H]3[C@H]12)CCCOCCCC(F)(F)C(F)(F)F. The molecule has 2 saturated carbocycles. The first kappa shape index (κ1) is 37.4. The van der Waals surface area contributed by atoms with E-state index in [2.05, 4.69) is 17.0 Å². The molecule has 7 atom stereocenters. The van der Waals surface area contributed by atoms with Gasteiger partial charge in [-0.1, -0.05) is 25.8 Å². The van der Waals surface area contributed by atoms with Gasteiger partial charge in [0, 0.05) is 50.4 Å². The fourth-order valence-corrected chi connectivity index (χ4v) is 9.01. The first-order chi connectivity index (χ1) is 22.8. The van der Waals surface area contributed by atoms with Gasteiger partial charge in [0.1, 0.15) is 17.7 Å². The molecule has 1 aromatic carbocycles. The van der Waals surface area contributed by atoms with Crippen LogP contribution in [0.3, 0.4) is 0 Å². The number of unbranched alkanes of at least 4 members (excludes halogenated alkanes) is 2. The minimum atomic E-state index is -5.52. The van der Waals surface area contributed by atoms with Crippen molar-refractivity contribution in [2.75, 3.05) is 40.0 Å². The van der Waals surface area contributed by atoms with E-state index in [1.54, 1.807) is 0 Å². The van der Waals surface area contributed by atoms with Gasteiger partial charge in [0.05, 0.1) is 6.61 Å². The number of hydrogen-bond donors (Lipinski definition) is 0. The van der Waals surface area contributed by atoms with Gasteiger partial charge in [-0.25, -0.2) is 4.39 Å². The lowest BCUT2D eigenvalue weighted by Crippen LogP contribution is -2.50. The molecule has 0 aromatic heterocycles. The van der Waals surface area contributed by atoms with Crippen LogP contribution >= 0.6 is 0 Å². The van der Waals surface area contributed by atoms with Crippen molar-refractivity contribution in [2.24, 2.45) is 23.2 Å². The van der Waals surface area contributed by atoms with E-state index in [-0.39, 0.29) is 42.9 Å². The number of alkyl halides is 6. The number of carbonyl (C=O) groups excluding carboxylic acids is 1. The van der Waals surface area contributed by atoms with Gasteiger partial charge in [0.2, 0.25) is 0 Å². The Morgan fingerprint density at radius 3 is 2.52 bits per heavy atom. The number of halogens is 6. The first-order valence-electron chi connectivity index (χ1n) is 18.1. The quantitative estimate of drug-likeness (QED) is 0.128. The van der Waals surface area contributed by atoms with Gasteiger partial charge in [0.15, 0.2) is 6.29 Å². The smallest absolute Gasteiger partial charge is 0.453 e. The Labute approximate surface area is 281 Å². The maximum Gasteiger partial charge on any atom is 0.453 e. The van der Waals surface area contributed by atoms with E-state index >= 15 is 4.39 Å². The number of Topliss-reactive ketones (excluding diaryl/α,β-unsaturated/α-hetero) is 1. The molecule has 5 nitrogen and oxygen atoms in total. The predicted octanol–water partition coefficient (Wildman–Crippen LogP) is 9.07. The number of fused-ring (bicyclic) bond motifs is 5. The monoisotopic (exact) mass is 689 g/mol. The first-order valence-corrected chi connectivity index (χ1v) is 18.1. The molecule has 4 aliphatic rings. The molecule has 0 radical (unpaired) electrons. The fourth-order valence-electron chi connectivity index (χ4n) is 9.01. The average Bonchev–Trinajstić information content (AvgIpc) is 3.32. The van der Waals surface area contributed by atoms with E-state index < -0.39 is 30.1 Å². The summed E-state index contributed by atoms with van der Waals surface area (Å²) in [5, 5.41) is 0. The largest absolute Gasteiger partial charge is 0.465 e. The Balaban J connectivity index is 1.10. The normalized spacial score (nSPS) is 30.6. The molecule has 48 heavy (non-hydrogen) atoms. The maximum absolute atomic E-state index is 16.2. The van der Waals surface area contributed by atoms with Gasteiger partial charge in [-0.2, -0.15) is 22.0 Å². The third-order valence-electron chi connectivity index (χ3n) is 11.6. The van der Waals surface area contributed by atoms with Crippen molar-refractivity contribution < 1.29 is 45.3 Å². The molecular weight excluding hydrogens is 636 g/mol. The lowest BCUT2D eigenvalue weighted by atomic mass is 9.51. The average molecular weight is 690 g/mol. The summed E-state index contributed by atoms with van der Waals surface area (Å²) in [5.41, 5.74) is 1.69. The fraction of sp³-hybridized carbons (Fsp3) is 0.811. The summed E-state index contributed by atoms with van der Waals surface area (Å²) in [6.45, 7) is 4.52. The molecular formula is C37H53F6NO4. The number of rotatable bonds is 16. The van der Waals surface area contributed by atoms with E-state index in [4.69, 9.17) is 14.2 Å². The zero-order valence-electron chi connectivity index (χ0n) is 28.5. The molecule has 1 saturated heterocycles. The van der Waals surface area contributed by atoms with Crippen LogP contribution in [0.1, 0.15) is 107 Å². The summed E-state index contributed by atoms with van der Waals surface area (Å²) < 4.78 is 96.2. The zero-order valence-corrected chi connectivity index (χ0v) is 28.5. The van der Waals surface area contributed by atoms with Crippen molar-refractivity contribution in [3.05, 3.63) is 29.3 Å². The summed E-state index contributed by atoms with van der Waals surface area (Å²) in [6, 6.07) is 6.14. The molecule has 3 aliphatic carbocycles. The number of ether oxygens (including phenoxy) is 3. The van der Waals surface area contributed by atoms with E-state index in [1.807, 2.05) is 20.0 Å². The topological polar surface area (TPSA) is 48.0 Å². The second-order valence-electron chi connectivity index (χ2n) is 15.0. The molecule has 5 rings (SSSR count). The predicted molar refractivity (Wildman–Crippen MR) is 171 cm³/mol. The summed E-state index contributed by atoms with van der Waals surface area (Å²) in [6.07, 6.45) is 1.84. The second kappa shape index (κ2) is 16.0. The van der Waals surface area contributed by atoms with Crippen molar-refractivity contribution in [3.8, 4) is 5.75 Å². The molecule has 1 aromatic rings. The zero-order chi connectivity index (χ0) is 34.5. The summed E-state index contributed by atoms with van der Waals surface area (Å²) >= 11 is 0. The highest BCUT2D eigenvalue weighted by Crippen LogP contribution is 2.62. The highest BCUT2D eigenvalue weighted by atomic mass is 19.4. The minimum absolute atomic E-state index is 0.122. The van der Waals surface area contributed by atoms with E-state index in [0.717, 1.165) is 82.2 Å². The third kappa shape index (κ3) is 8.71. The summed E-state index contributed by atoms with van der Waals surface area (Å²) in [7, 11) is 2.01. The van der Waals surface area contributed by atoms with Crippen molar-refractivity contribution in [1.29, 1.82) is 0 Å². The minimum Gasteiger partial charge on any atom is -0.465 e. The lowest BCUT2D eigenvalue weighted by molar-refractivity contribution is -0.285. The molecule has 0 amide bonds. The Hall–Kier alpha value is -1.85. The van der Waals surface area contributed by atoms with Crippen molar-refractivity contribution >= 4 is 5.78 Å². The van der Waals surface area contributed by atoms with Crippen molar-refractivity contribution in [1.82, 2.24) is 4.90 Å². The van der Waals surface area contributed by atoms with Crippen LogP contribution in [0.2, 0.25) is 0 Å². The molecule has 3 fully saturated rings. The molecule has 0 N–H and O–H groups in total. The summed E-state index contributed by atoms with van der Waals surface area (Å²) in [5.74, 6) is -3.22. The lowest BCUT2D eigenvalue weighted by Gasteiger charge is -2.53. The molecule has 272 valence electrons. The van der Waals surface area contributed by atoms with Crippen LogP contribution in [-0.2, 0) is 20.7 Å². The van der Waals surface area contributed by atoms with Gasteiger partial charge in [-0.05, 0) is 112 Å². The van der Waals surface area contributed by atoms with Crippen LogP contribution < -0.4 is 4.74 Å². The van der Waals surface area contributed by atoms with E-state index in [9.17, 15) is 26.7 Å². The molecule has 3 unspecified atom stereocenters. The van der Waals surface area contributed by atoms with Crippen LogP contribution in [0, 0.1) is 23.2 Å². The van der Waals surface area contributed by atoms with Gasteiger partial charge >= 0.3 is 12.1 Å². The summed E-state index contributed by atoms with van der Waals surface area (Å²) in [4.78, 5) is 15.2. The van der Waals surface area contributed by atoms with Crippen LogP contribution in [-0.4, -0.2) is 75.2 Å². The number of benzene rings is 1. The standard InChI is InChI=1S/C37H53F6NO4/c1-35-24-30(38)34-28-13-12-27(48-32-11-5-7-21-47-32)23-26(28)22-25(33(34)29(35)14-15-31(35)45)10-4-3-6-17-44(2)18-9-20-46-19-8-16-36(39,40)37(41,42)43/h12-13,23,25,29-30,32-34H,3-11,14-22,24H2,1-2H3/t25?,29-,30?,32?,33-,34-,35-/m0/s1. The van der Waals surface area contributed by atoms with E-state index in [1.165, 1.54) is 5.56 Å². The van der Waals surface area contributed by atoms with Gasteiger partial charge in [-0.15, -0.1) is 0 Å². The number of ketones is 1. The molecule has 1 heterocycles. The second-order valence-corrected chi connectivity index (χ2v) is 15.0. The highest BCUT2D eigenvalue weighted by Gasteiger charge is 2.60. The maximum atomic E-state index is 16.2. The molecule has 11 heteroatoms. The Kier molecular flexibility index (Phi) is 12.5. The van der Waals surface area contributed by atoms with Crippen LogP contribution in [0.25, 0.3) is 0 Å².